The lowest BCUT2D eigenvalue weighted by atomic mass is 9.95. The number of sulfonamides is 1. The van der Waals surface area contributed by atoms with Crippen molar-refractivity contribution in [1.29, 1.82) is 0 Å². The van der Waals surface area contributed by atoms with E-state index in [0.29, 0.717) is 49.0 Å². The number of rotatable bonds is 7. The van der Waals surface area contributed by atoms with Crippen molar-refractivity contribution in [2.24, 2.45) is 11.8 Å². The van der Waals surface area contributed by atoms with Gasteiger partial charge >= 0.3 is 12.1 Å². The summed E-state index contributed by atoms with van der Waals surface area (Å²) in [6.07, 6.45) is 5.91. The van der Waals surface area contributed by atoms with Crippen molar-refractivity contribution in [2.75, 3.05) is 6.54 Å². The molecule has 53 heavy (non-hydrogen) atoms. The molecule has 2 N–H and O–H groups in total. The van der Waals surface area contributed by atoms with Gasteiger partial charge in [-0.2, -0.15) is 0 Å². The van der Waals surface area contributed by atoms with E-state index in [1.54, 1.807) is 42.5 Å². The molecule has 1 saturated heterocycles. The van der Waals surface area contributed by atoms with Gasteiger partial charge in [0.2, 0.25) is 21.8 Å². The average Bonchev–Trinajstić information content (AvgIpc) is 4.01. The maximum absolute atomic E-state index is 14.4. The van der Waals surface area contributed by atoms with Crippen LogP contribution in [0.15, 0.2) is 60.7 Å². The molecule has 0 spiro atoms. The monoisotopic (exact) mass is 750 g/mol. The van der Waals surface area contributed by atoms with Gasteiger partial charge in [0.1, 0.15) is 29.3 Å². The number of esters is 1. The van der Waals surface area contributed by atoms with E-state index in [2.05, 4.69) is 10.0 Å². The first-order chi connectivity index (χ1) is 25.4. The summed E-state index contributed by atoms with van der Waals surface area (Å²) in [5.41, 5.74) is -0.506. The Morgan fingerprint density at radius 1 is 0.981 bits per heavy atom. The topological polar surface area (TPSA) is 168 Å². The van der Waals surface area contributed by atoms with E-state index in [9.17, 15) is 36.8 Å². The minimum absolute atomic E-state index is 0.00201. The van der Waals surface area contributed by atoms with Gasteiger partial charge in [0.05, 0.1) is 24.8 Å². The van der Waals surface area contributed by atoms with Gasteiger partial charge in [0.15, 0.2) is 0 Å². The summed E-state index contributed by atoms with van der Waals surface area (Å²) in [4.78, 5) is 71.4. The predicted molar refractivity (Wildman–Crippen MR) is 188 cm³/mol. The SMILES string of the molecule is O=C(C[C@H]1CCCCCC=C[C@@H]2C[C@@]2(C(=O)NS(=O)(=O)C2CC2)NC(=O)[C@@H]2C[C@@H](OC(=O)N3Cc4cccc(F)c4C3)CN2C1=O)Oc1ccccc1. The van der Waals surface area contributed by atoms with Crippen LogP contribution in [0.3, 0.4) is 0 Å². The third-order valence-corrected chi connectivity index (χ3v) is 12.6. The lowest BCUT2D eigenvalue weighted by Gasteiger charge is -2.29. The Morgan fingerprint density at radius 2 is 1.77 bits per heavy atom. The van der Waals surface area contributed by atoms with Gasteiger partial charge in [-0.15, -0.1) is 0 Å². The number of halogens is 1. The molecule has 4 amide bonds. The number of benzene rings is 2. The molecule has 0 aromatic heterocycles. The minimum atomic E-state index is -3.92. The first-order valence-electron chi connectivity index (χ1n) is 18.3. The molecule has 3 fully saturated rings. The summed E-state index contributed by atoms with van der Waals surface area (Å²) >= 11 is 0. The number of carbonyl (C=O) groups excluding carboxylic acids is 5. The second-order valence-electron chi connectivity index (χ2n) is 14.7. The van der Waals surface area contributed by atoms with Crippen molar-refractivity contribution in [3.8, 4) is 5.75 Å². The number of nitrogens with zero attached hydrogens (tertiary/aromatic N) is 2. The molecule has 13 nitrogen and oxygen atoms in total. The summed E-state index contributed by atoms with van der Waals surface area (Å²) in [6, 6.07) is 11.9. The molecule has 282 valence electrons. The molecule has 5 aliphatic rings. The molecule has 0 unspecified atom stereocenters. The highest BCUT2D eigenvalue weighted by molar-refractivity contribution is 7.91. The van der Waals surface area contributed by atoms with Gasteiger partial charge in [-0.3, -0.25) is 28.8 Å². The molecule has 0 radical (unpaired) electrons. The number of hydrogen-bond acceptors (Lipinski definition) is 9. The zero-order valence-corrected chi connectivity index (χ0v) is 30.0. The molecule has 7 rings (SSSR count). The maximum atomic E-state index is 14.4. The fourth-order valence-corrected chi connectivity index (χ4v) is 8.93. The first kappa shape index (κ1) is 36.6. The lowest BCUT2D eigenvalue weighted by Crippen LogP contribution is -2.57. The van der Waals surface area contributed by atoms with Crippen LogP contribution in [0, 0.1) is 17.7 Å². The van der Waals surface area contributed by atoms with Crippen LogP contribution < -0.4 is 14.8 Å². The van der Waals surface area contributed by atoms with Crippen molar-refractivity contribution in [3.63, 3.8) is 0 Å². The quantitative estimate of drug-likeness (QED) is 0.243. The standard InChI is InChI=1S/C38H43FN4O9S/c39-31-15-9-11-25-21-42(23-30(25)31)37(48)52-28-19-32-34(45)40-38(36(47)41-53(49,50)29-16-17-29)20-26(38)12-6-3-1-2-5-10-24(35(46)43(32)22-28)18-33(44)51-27-13-7-4-8-14-27/h4,6-9,11-15,24,26,28-29,32H,1-3,5,10,16-23H2,(H,40,45)(H,41,47)/t24-,26-,28-,32+,38-/m1/s1. The number of para-hydroxylation sites is 1. The van der Waals surface area contributed by atoms with Crippen LogP contribution in [0.4, 0.5) is 9.18 Å². The number of carbonyl (C=O) groups is 5. The molecule has 5 atom stereocenters. The number of hydrogen-bond donors (Lipinski definition) is 2. The lowest BCUT2D eigenvalue weighted by molar-refractivity contribution is -0.146. The zero-order chi connectivity index (χ0) is 37.3. The number of ether oxygens (including phenoxy) is 2. The van der Waals surface area contributed by atoms with E-state index < -0.39 is 80.4 Å². The fraction of sp³-hybridized carbons (Fsp3) is 0.500. The highest BCUT2D eigenvalue weighted by atomic mass is 32.2. The summed E-state index contributed by atoms with van der Waals surface area (Å²) in [5, 5.41) is 2.15. The molecule has 2 aliphatic carbocycles. The van der Waals surface area contributed by atoms with Gasteiger partial charge in [-0.1, -0.05) is 55.3 Å². The van der Waals surface area contributed by atoms with Crippen molar-refractivity contribution < 1.29 is 46.3 Å². The highest BCUT2D eigenvalue weighted by Gasteiger charge is 2.62. The van der Waals surface area contributed by atoms with Gasteiger partial charge < -0.3 is 19.7 Å². The highest BCUT2D eigenvalue weighted by Crippen LogP contribution is 2.46. The van der Waals surface area contributed by atoms with Crippen molar-refractivity contribution in [1.82, 2.24) is 19.8 Å². The van der Waals surface area contributed by atoms with E-state index in [-0.39, 0.29) is 38.9 Å². The van der Waals surface area contributed by atoms with Gasteiger partial charge in [-0.05, 0) is 62.3 Å². The first-order valence-corrected chi connectivity index (χ1v) is 19.8. The van der Waals surface area contributed by atoms with E-state index >= 15 is 0 Å². The summed E-state index contributed by atoms with van der Waals surface area (Å²) in [6.45, 7) is -0.0320. The molecule has 3 heterocycles. The van der Waals surface area contributed by atoms with E-state index in [1.165, 1.54) is 15.9 Å². The van der Waals surface area contributed by atoms with Crippen molar-refractivity contribution in [3.05, 3.63) is 77.6 Å². The third kappa shape index (κ3) is 8.09. The Bertz CT molecular complexity index is 1920. The zero-order valence-electron chi connectivity index (χ0n) is 29.2. The van der Waals surface area contributed by atoms with E-state index in [4.69, 9.17) is 9.47 Å². The minimum Gasteiger partial charge on any atom is -0.444 e. The van der Waals surface area contributed by atoms with Gasteiger partial charge in [0, 0.05) is 30.4 Å². The number of nitrogens with one attached hydrogen (secondary N) is 2. The van der Waals surface area contributed by atoms with Crippen LogP contribution >= 0.6 is 0 Å². The van der Waals surface area contributed by atoms with Crippen LogP contribution in [0.2, 0.25) is 0 Å². The van der Waals surface area contributed by atoms with E-state index in [0.717, 1.165) is 12.8 Å². The van der Waals surface area contributed by atoms with Crippen LogP contribution in [0.25, 0.3) is 0 Å². The van der Waals surface area contributed by atoms with Crippen LogP contribution in [0.1, 0.15) is 75.3 Å². The Hall–Kier alpha value is -4.79. The summed E-state index contributed by atoms with van der Waals surface area (Å²) in [5.74, 6) is -4.09. The largest absolute Gasteiger partial charge is 0.444 e. The Balaban J connectivity index is 1.13. The summed E-state index contributed by atoms with van der Waals surface area (Å²) < 4.78 is 53.5. The van der Waals surface area contributed by atoms with Crippen LogP contribution in [0.5, 0.6) is 5.75 Å². The Morgan fingerprint density at radius 3 is 2.53 bits per heavy atom. The fourth-order valence-electron chi connectivity index (χ4n) is 7.57. The van der Waals surface area contributed by atoms with Crippen molar-refractivity contribution in [2.45, 2.75) is 100 Å². The molecular weight excluding hydrogens is 708 g/mol. The van der Waals surface area contributed by atoms with E-state index in [1.807, 2.05) is 12.2 Å². The van der Waals surface area contributed by atoms with Crippen LogP contribution in [-0.2, 0) is 47.0 Å². The number of fused-ring (bicyclic) bond motifs is 3. The van der Waals surface area contributed by atoms with Gasteiger partial charge in [-0.25, -0.2) is 17.6 Å². The smallest absolute Gasteiger partial charge is 0.410 e. The second kappa shape index (κ2) is 14.9. The second-order valence-corrected chi connectivity index (χ2v) is 16.6. The molecule has 2 aromatic rings. The summed E-state index contributed by atoms with van der Waals surface area (Å²) in [7, 11) is -3.92. The predicted octanol–water partition coefficient (Wildman–Crippen LogP) is 3.86. The normalized spacial score (nSPS) is 27.3. The molecule has 2 aromatic carbocycles. The maximum Gasteiger partial charge on any atom is 0.410 e. The Labute approximate surface area is 307 Å². The van der Waals surface area contributed by atoms with Crippen LogP contribution in [-0.4, -0.2) is 77.5 Å². The molecule has 0 bridgehead atoms. The molecule has 15 heteroatoms. The average molecular weight is 751 g/mol. The molecular formula is C38H43FN4O9S. The third-order valence-electron chi connectivity index (χ3n) is 10.8. The Kier molecular flexibility index (Phi) is 10.3. The number of allylic oxidation sites excluding steroid dienone is 1. The molecule has 2 saturated carbocycles. The molecule has 3 aliphatic heterocycles. The van der Waals surface area contributed by atoms with Gasteiger partial charge in [0.25, 0.3) is 5.91 Å². The number of amides is 4. The van der Waals surface area contributed by atoms with Crippen molar-refractivity contribution >= 4 is 39.8 Å².